The highest BCUT2D eigenvalue weighted by molar-refractivity contribution is 6.31. The third kappa shape index (κ3) is 3.96. The Kier molecular flexibility index (Phi) is 6.05. The van der Waals surface area contributed by atoms with Gasteiger partial charge in [-0.25, -0.2) is 0 Å². The van der Waals surface area contributed by atoms with E-state index < -0.39 is 22.9 Å². The number of hydrazone groups is 1. The Morgan fingerprint density at radius 1 is 1.19 bits per heavy atom. The fraction of sp³-hybridized carbons (Fsp3) is 0.364. The van der Waals surface area contributed by atoms with Crippen LogP contribution in [0.5, 0.6) is 0 Å². The van der Waals surface area contributed by atoms with Crippen LogP contribution in [0.2, 0.25) is 5.02 Å². The molecule has 0 bridgehead atoms. The molecule has 2 aromatic rings. The van der Waals surface area contributed by atoms with Crippen molar-refractivity contribution in [1.82, 2.24) is 5.06 Å². The van der Waals surface area contributed by atoms with Crippen molar-refractivity contribution in [1.29, 1.82) is 0 Å². The van der Waals surface area contributed by atoms with Crippen LogP contribution in [0.3, 0.4) is 0 Å². The summed E-state index contributed by atoms with van der Waals surface area (Å²) < 4.78 is 39.5. The molecule has 32 heavy (non-hydrogen) atoms. The summed E-state index contributed by atoms with van der Waals surface area (Å²) in [6.45, 7) is 8.20. The minimum atomic E-state index is -4.49. The molecule has 172 valence electrons. The lowest BCUT2D eigenvalue weighted by atomic mass is 9.91. The van der Waals surface area contributed by atoms with Gasteiger partial charge in [-0.2, -0.15) is 23.0 Å². The largest absolute Gasteiger partial charge is 0.622 e. The van der Waals surface area contributed by atoms with E-state index >= 15 is 0 Å². The molecule has 10 heteroatoms. The van der Waals surface area contributed by atoms with Gasteiger partial charge in [-0.1, -0.05) is 17.7 Å². The van der Waals surface area contributed by atoms with Crippen molar-refractivity contribution in [2.75, 3.05) is 5.43 Å². The molecule has 1 unspecified atom stereocenters. The van der Waals surface area contributed by atoms with E-state index in [0.717, 1.165) is 22.8 Å². The number of nitrogens with one attached hydrogen (secondary N) is 1. The number of hydrogen-bond acceptors (Lipinski definition) is 5. The van der Waals surface area contributed by atoms with E-state index in [2.05, 4.69) is 10.5 Å². The molecule has 1 heterocycles. The van der Waals surface area contributed by atoms with Gasteiger partial charge in [0.05, 0.1) is 11.3 Å². The van der Waals surface area contributed by atoms with Gasteiger partial charge in [-0.15, -0.1) is 5.06 Å². The number of hydrogen-bond donors (Lipinski definition) is 2. The third-order valence-electron chi connectivity index (χ3n) is 5.78. The van der Waals surface area contributed by atoms with Crippen molar-refractivity contribution in [2.24, 2.45) is 5.10 Å². The summed E-state index contributed by atoms with van der Waals surface area (Å²) in [6, 6.07) is 9.68. The molecule has 0 aliphatic carbocycles. The van der Waals surface area contributed by atoms with Crippen LogP contribution in [-0.4, -0.2) is 37.6 Å². The minimum Gasteiger partial charge on any atom is -0.622 e. The molecule has 0 amide bonds. The quantitative estimate of drug-likeness (QED) is 0.263. The maximum absolute atomic E-state index is 13.5. The number of aryl methyl sites for hydroxylation is 1. The molecule has 2 N–H and O–H groups in total. The molecule has 1 atom stereocenters. The second-order valence-electron chi connectivity index (χ2n) is 8.39. The lowest BCUT2D eigenvalue weighted by Gasteiger charge is -2.32. The summed E-state index contributed by atoms with van der Waals surface area (Å²) in [4.78, 5) is 0. The van der Waals surface area contributed by atoms with E-state index in [-0.39, 0.29) is 11.4 Å². The van der Waals surface area contributed by atoms with Crippen molar-refractivity contribution in [3.8, 4) is 0 Å². The highest BCUT2D eigenvalue weighted by atomic mass is 35.5. The third-order valence-corrected chi connectivity index (χ3v) is 6.20. The molecule has 0 fully saturated rings. The van der Waals surface area contributed by atoms with Crippen molar-refractivity contribution in [3.05, 3.63) is 69.4 Å². The lowest BCUT2D eigenvalue weighted by molar-refractivity contribution is -0.560. The molecule has 2 aromatic carbocycles. The van der Waals surface area contributed by atoms with Crippen LogP contribution in [0.25, 0.3) is 0 Å². The molecule has 0 aromatic heterocycles. The van der Waals surface area contributed by atoms with Gasteiger partial charge in [0, 0.05) is 17.5 Å². The SMILES string of the molecule is CC(=NNc1cccc(C(F)(F)F)c1)C1(C)N(O)C(C)(C)C(c2ccc(Cl)c(C)c2)=[N+]1[O-]. The molecule has 0 spiro atoms. The van der Waals surface area contributed by atoms with Gasteiger partial charge in [0.2, 0.25) is 5.71 Å². The number of rotatable bonds is 4. The van der Waals surface area contributed by atoms with Crippen LogP contribution in [0, 0.1) is 12.1 Å². The Balaban J connectivity index is 2.02. The Morgan fingerprint density at radius 3 is 2.44 bits per heavy atom. The summed E-state index contributed by atoms with van der Waals surface area (Å²) in [5.41, 5.74) is 0.943. The van der Waals surface area contributed by atoms with Gasteiger partial charge >= 0.3 is 6.18 Å². The van der Waals surface area contributed by atoms with E-state index in [0.29, 0.717) is 21.0 Å². The van der Waals surface area contributed by atoms with Crippen LogP contribution >= 0.6 is 11.6 Å². The zero-order valence-electron chi connectivity index (χ0n) is 18.3. The van der Waals surface area contributed by atoms with Crippen molar-refractivity contribution >= 4 is 28.7 Å². The highest BCUT2D eigenvalue weighted by Gasteiger charge is 2.61. The summed E-state index contributed by atoms with van der Waals surface area (Å²) in [5.74, 6) is 0. The predicted molar refractivity (Wildman–Crippen MR) is 118 cm³/mol. The van der Waals surface area contributed by atoms with Gasteiger partial charge in [0.15, 0.2) is 0 Å². The number of hydroxylamine groups is 3. The fourth-order valence-electron chi connectivity index (χ4n) is 3.78. The molecule has 0 saturated heterocycles. The standard InChI is InChI=1S/C22H24ClF3N4O2/c1-13-11-15(9-10-18(13)23)19-20(3,4)30(32)21(5,29(19)31)14(2)27-28-17-8-6-7-16(12-17)22(24,25)26/h6-12,28,32H,1-5H3. The van der Waals surface area contributed by atoms with E-state index in [9.17, 15) is 23.6 Å². The van der Waals surface area contributed by atoms with Gasteiger partial charge in [-0.05, 0) is 69.7 Å². The summed E-state index contributed by atoms with van der Waals surface area (Å²) >= 11 is 6.11. The van der Waals surface area contributed by atoms with E-state index in [1.807, 2.05) is 6.92 Å². The number of anilines is 1. The Morgan fingerprint density at radius 2 is 1.84 bits per heavy atom. The van der Waals surface area contributed by atoms with E-state index in [4.69, 9.17) is 11.6 Å². The predicted octanol–water partition coefficient (Wildman–Crippen LogP) is 5.65. The molecule has 1 aliphatic heterocycles. The van der Waals surface area contributed by atoms with Crippen molar-refractivity contribution < 1.29 is 23.1 Å². The number of halogens is 4. The second-order valence-corrected chi connectivity index (χ2v) is 8.79. The van der Waals surface area contributed by atoms with Gasteiger partial charge < -0.3 is 10.4 Å². The fourth-order valence-corrected chi connectivity index (χ4v) is 3.90. The number of alkyl halides is 3. The Bertz CT molecular complexity index is 1110. The molecule has 1 aliphatic rings. The Hall–Kier alpha value is -2.62. The topological polar surface area (TPSA) is 73.9 Å². The van der Waals surface area contributed by atoms with Crippen LogP contribution in [-0.2, 0) is 6.18 Å². The molecule has 0 radical (unpaired) electrons. The highest BCUT2D eigenvalue weighted by Crippen LogP contribution is 2.37. The summed E-state index contributed by atoms with van der Waals surface area (Å²) in [6.07, 6.45) is -4.49. The minimum absolute atomic E-state index is 0.0968. The zero-order valence-corrected chi connectivity index (χ0v) is 19.0. The van der Waals surface area contributed by atoms with Crippen LogP contribution in [0.1, 0.15) is 44.4 Å². The second kappa shape index (κ2) is 8.06. The molecule has 6 nitrogen and oxygen atoms in total. The maximum atomic E-state index is 13.5. The van der Waals surface area contributed by atoms with Crippen LogP contribution in [0.15, 0.2) is 47.6 Å². The average molecular weight is 469 g/mol. The first-order chi connectivity index (χ1) is 14.7. The number of nitrogens with zero attached hydrogens (tertiary/aromatic N) is 3. The van der Waals surface area contributed by atoms with Crippen LogP contribution in [0.4, 0.5) is 18.9 Å². The maximum Gasteiger partial charge on any atom is 0.416 e. The summed E-state index contributed by atoms with van der Waals surface area (Å²) in [7, 11) is 0. The smallest absolute Gasteiger partial charge is 0.416 e. The van der Waals surface area contributed by atoms with Gasteiger partial charge in [-0.3, -0.25) is 5.43 Å². The van der Waals surface area contributed by atoms with Crippen molar-refractivity contribution in [3.63, 3.8) is 0 Å². The normalized spacial score (nSPS) is 21.9. The first-order valence-electron chi connectivity index (χ1n) is 9.79. The van der Waals surface area contributed by atoms with Crippen LogP contribution < -0.4 is 5.43 Å². The molecular formula is C22H24ClF3N4O2. The Labute approximate surface area is 189 Å². The molecular weight excluding hydrogens is 445 g/mol. The zero-order chi connectivity index (χ0) is 24.1. The summed E-state index contributed by atoms with van der Waals surface area (Å²) in [5, 5.41) is 30.1. The van der Waals surface area contributed by atoms with E-state index in [1.54, 1.807) is 32.0 Å². The van der Waals surface area contributed by atoms with Crippen molar-refractivity contribution in [2.45, 2.75) is 52.0 Å². The first-order valence-corrected chi connectivity index (χ1v) is 10.2. The van der Waals surface area contributed by atoms with Gasteiger partial charge in [0.25, 0.3) is 5.66 Å². The van der Waals surface area contributed by atoms with Gasteiger partial charge in [0.1, 0.15) is 11.3 Å². The lowest BCUT2D eigenvalue weighted by Crippen LogP contribution is -2.57. The first kappa shape index (κ1) is 24.0. The molecule has 3 rings (SSSR count). The number of benzene rings is 2. The monoisotopic (exact) mass is 468 g/mol. The average Bonchev–Trinajstić information content (AvgIpc) is 2.85. The molecule has 0 saturated carbocycles. The van der Waals surface area contributed by atoms with E-state index in [1.165, 1.54) is 26.0 Å².